The largest absolute Gasteiger partial charge is 0.466 e. The van der Waals surface area contributed by atoms with Crippen LogP contribution in [-0.4, -0.2) is 27.3 Å². The van der Waals surface area contributed by atoms with Gasteiger partial charge in [0, 0.05) is 30.1 Å². The van der Waals surface area contributed by atoms with Gasteiger partial charge in [-0.1, -0.05) is 6.07 Å². The third-order valence-electron chi connectivity index (χ3n) is 3.56. The van der Waals surface area contributed by atoms with Crippen molar-refractivity contribution in [1.82, 2.24) is 14.8 Å². The summed E-state index contributed by atoms with van der Waals surface area (Å²) in [4.78, 5) is 15.7. The molecule has 1 aliphatic rings. The van der Waals surface area contributed by atoms with Crippen molar-refractivity contribution in [3.05, 3.63) is 36.4 Å². The summed E-state index contributed by atoms with van der Waals surface area (Å²) in [5, 5.41) is 4.38. The molecule has 0 saturated heterocycles. The molecule has 0 N–H and O–H groups in total. The van der Waals surface area contributed by atoms with E-state index in [2.05, 4.69) is 16.3 Å². The van der Waals surface area contributed by atoms with E-state index in [1.54, 1.807) is 13.1 Å². The van der Waals surface area contributed by atoms with Crippen LogP contribution in [0.3, 0.4) is 0 Å². The fourth-order valence-corrected chi connectivity index (χ4v) is 2.24. The van der Waals surface area contributed by atoms with Crippen molar-refractivity contribution in [1.29, 1.82) is 0 Å². The average Bonchev–Trinajstić information content (AvgIpc) is 3.16. The first-order valence-electron chi connectivity index (χ1n) is 7.38. The minimum absolute atomic E-state index is 0.217. The zero-order valence-corrected chi connectivity index (χ0v) is 12.2. The van der Waals surface area contributed by atoms with Crippen molar-refractivity contribution in [2.45, 2.75) is 32.7 Å². The van der Waals surface area contributed by atoms with Gasteiger partial charge in [-0.05, 0) is 31.7 Å². The topological polar surface area (TPSA) is 57.0 Å². The van der Waals surface area contributed by atoms with Crippen LogP contribution in [0, 0.1) is 5.92 Å². The zero-order valence-electron chi connectivity index (χ0n) is 12.2. The van der Waals surface area contributed by atoms with E-state index >= 15 is 0 Å². The Kier molecular flexibility index (Phi) is 3.99. The molecule has 1 aliphatic carbocycles. The first-order chi connectivity index (χ1) is 10.2. The van der Waals surface area contributed by atoms with E-state index in [4.69, 9.17) is 4.74 Å². The van der Waals surface area contributed by atoms with E-state index in [0.29, 0.717) is 6.61 Å². The van der Waals surface area contributed by atoms with Crippen LogP contribution in [0.2, 0.25) is 0 Å². The molecule has 3 rings (SSSR count). The number of ether oxygens (including phenoxy) is 1. The van der Waals surface area contributed by atoms with Crippen LogP contribution >= 0.6 is 0 Å². The Bertz CT molecular complexity index is 615. The fourth-order valence-electron chi connectivity index (χ4n) is 2.24. The Morgan fingerprint density at radius 3 is 2.86 bits per heavy atom. The molecular weight excluding hydrogens is 266 g/mol. The molecule has 5 heteroatoms. The van der Waals surface area contributed by atoms with E-state index in [0.717, 1.165) is 29.3 Å². The van der Waals surface area contributed by atoms with Crippen molar-refractivity contribution in [3.8, 4) is 11.1 Å². The lowest BCUT2D eigenvalue weighted by atomic mass is 10.1. The number of hydrogen-bond donors (Lipinski definition) is 0. The van der Waals surface area contributed by atoms with Crippen LogP contribution in [0.1, 0.15) is 25.5 Å². The van der Waals surface area contributed by atoms with Crippen molar-refractivity contribution >= 4 is 5.97 Å². The molecular formula is C16H19N3O2. The normalized spacial score (nSPS) is 14.1. The number of carbonyl (C=O) groups excluding carboxylic acids is 1. The Labute approximate surface area is 124 Å². The number of pyridine rings is 1. The van der Waals surface area contributed by atoms with Gasteiger partial charge in [-0.2, -0.15) is 5.10 Å². The fraction of sp³-hybridized carbons (Fsp3) is 0.438. The molecule has 1 fully saturated rings. The van der Waals surface area contributed by atoms with Gasteiger partial charge in [0.1, 0.15) is 0 Å². The summed E-state index contributed by atoms with van der Waals surface area (Å²) < 4.78 is 6.91. The molecule has 110 valence electrons. The van der Waals surface area contributed by atoms with Crippen LogP contribution in [0.4, 0.5) is 0 Å². The smallest absolute Gasteiger partial charge is 0.311 e. The van der Waals surface area contributed by atoms with Gasteiger partial charge in [-0.3, -0.25) is 14.5 Å². The molecule has 0 aliphatic heterocycles. The summed E-state index contributed by atoms with van der Waals surface area (Å²) in [5.41, 5.74) is 2.80. The first kappa shape index (κ1) is 13.8. The maximum atomic E-state index is 11.4. The standard InChI is InChI=1S/C16H19N3O2/c1-2-21-16(20)7-15-6-5-13(8-17-15)14-9-18-19(11-14)10-12-3-4-12/h5-6,8-9,11-12H,2-4,7,10H2,1H3. The summed E-state index contributed by atoms with van der Waals surface area (Å²) >= 11 is 0. The molecule has 0 radical (unpaired) electrons. The Hall–Kier alpha value is -2.17. The van der Waals surface area contributed by atoms with Crippen LogP contribution in [-0.2, 0) is 22.5 Å². The van der Waals surface area contributed by atoms with Gasteiger partial charge in [0.2, 0.25) is 0 Å². The highest BCUT2D eigenvalue weighted by Crippen LogP contribution is 2.30. The van der Waals surface area contributed by atoms with Gasteiger partial charge in [0.05, 0.1) is 24.9 Å². The SMILES string of the molecule is CCOC(=O)Cc1ccc(-c2cnn(CC3CC3)c2)cn1. The summed E-state index contributed by atoms with van der Waals surface area (Å²) in [5.74, 6) is 0.567. The molecule has 0 aromatic carbocycles. The molecule has 21 heavy (non-hydrogen) atoms. The van der Waals surface area contributed by atoms with Gasteiger partial charge in [-0.15, -0.1) is 0 Å². The van der Waals surface area contributed by atoms with Crippen LogP contribution in [0.25, 0.3) is 11.1 Å². The lowest BCUT2D eigenvalue weighted by Crippen LogP contribution is -2.08. The Balaban J connectivity index is 1.65. The van der Waals surface area contributed by atoms with Gasteiger partial charge >= 0.3 is 5.97 Å². The number of carbonyl (C=O) groups is 1. The molecule has 2 aromatic rings. The van der Waals surface area contributed by atoms with E-state index < -0.39 is 0 Å². The van der Waals surface area contributed by atoms with Crippen LogP contribution in [0.5, 0.6) is 0 Å². The number of esters is 1. The number of rotatable bonds is 6. The van der Waals surface area contributed by atoms with Crippen molar-refractivity contribution < 1.29 is 9.53 Å². The van der Waals surface area contributed by atoms with Gasteiger partial charge in [0.15, 0.2) is 0 Å². The Morgan fingerprint density at radius 1 is 1.33 bits per heavy atom. The molecule has 0 bridgehead atoms. The monoisotopic (exact) mass is 285 g/mol. The molecule has 0 unspecified atom stereocenters. The van der Waals surface area contributed by atoms with Gasteiger partial charge in [0.25, 0.3) is 0 Å². The summed E-state index contributed by atoms with van der Waals surface area (Å²) in [6, 6.07) is 3.84. The second-order valence-corrected chi connectivity index (χ2v) is 5.41. The van der Waals surface area contributed by atoms with E-state index in [-0.39, 0.29) is 12.4 Å². The maximum Gasteiger partial charge on any atom is 0.311 e. The third-order valence-corrected chi connectivity index (χ3v) is 3.56. The van der Waals surface area contributed by atoms with Crippen molar-refractivity contribution in [2.75, 3.05) is 6.61 Å². The van der Waals surface area contributed by atoms with Crippen LogP contribution in [0.15, 0.2) is 30.7 Å². The maximum absolute atomic E-state index is 11.4. The molecule has 5 nitrogen and oxygen atoms in total. The molecule has 1 saturated carbocycles. The van der Waals surface area contributed by atoms with Crippen LogP contribution < -0.4 is 0 Å². The molecule has 2 aromatic heterocycles. The lowest BCUT2D eigenvalue weighted by Gasteiger charge is -2.02. The highest BCUT2D eigenvalue weighted by atomic mass is 16.5. The molecule has 0 amide bonds. The first-order valence-corrected chi connectivity index (χ1v) is 7.38. The summed E-state index contributed by atoms with van der Waals surface area (Å²) in [6.45, 7) is 3.21. The number of aromatic nitrogens is 3. The highest BCUT2D eigenvalue weighted by Gasteiger charge is 2.22. The second kappa shape index (κ2) is 6.08. The summed E-state index contributed by atoms with van der Waals surface area (Å²) in [6.07, 6.45) is 8.56. The molecule has 0 atom stereocenters. The summed E-state index contributed by atoms with van der Waals surface area (Å²) in [7, 11) is 0. The van der Waals surface area contributed by atoms with Crippen molar-refractivity contribution in [3.63, 3.8) is 0 Å². The van der Waals surface area contributed by atoms with Crippen molar-refractivity contribution in [2.24, 2.45) is 5.92 Å². The van der Waals surface area contributed by atoms with Gasteiger partial charge < -0.3 is 4.74 Å². The predicted molar refractivity (Wildman–Crippen MR) is 78.5 cm³/mol. The van der Waals surface area contributed by atoms with E-state index in [1.807, 2.05) is 23.0 Å². The van der Waals surface area contributed by atoms with E-state index in [9.17, 15) is 4.79 Å². The molecule has 2 heterocycles. The molecule has 0 spiro atoms. The zero-order chi connectivity index (χ0) is 14.7. The second-order valence-electron chi connectivity index (χ2n) is 5.41. The minimum Gasteiger partial charge on any atom is -0.466 e. The third kappa shape index (κ3) is 3.68. The number of nitrogens with zero attached hydrogens (tertiary/aromatic N) is 3. The average molecular weight is 285 g/mol. The predicted octanol–water partition coefficient (Wildman–Crippen LogP) is 2.46. The highest BCUT2D eigenvalue weighted by molar-refractivity contribution is 5.72. The lowest BCUT2D eigenvalue weighted by molar-refractivity contribution is -0.142. The van der Waals surface area contributed by atoms with Gasteiger partial charge in [-0.25, -0.2) is 0 Å². The Morgan fingerprint density at radius 2 is 2.19 bits per heavy atom. The number of hydrogen-bond acceptors (Lipinski definition) is 4. The minimum atomic E-state index is -0.241. The van der Waals surface area contributed by atoms with E-state index in [1.165, 1.54) is 12.8 Å². The quantitative estimate of drug-likeness (QED) is 0.765.